The van der Waals surface area contributed by atoms with Crippen LogP contribution in [0.2, 0.25) is 0 Å². The van der Waals surface area contributed by atoms with E-state index in [4.69, 9.17) is 10.2 Å². The summed E-state index contributed by atoms with van der Waals surface area (Å²) in [5.41, 5.74) is 8.06. The van der Waals surface area contributed by atoms with Gasteiger partial charge in [0.2, 0.25) is 0 Å². The fourth-order valence-corrected chi connectivity index (χ4v) is 2.24. The van der Waals surface area contributed by atoms with Gasteiger partial charge in [-0.3, -0.25) is 4.98 Å². The first-order valence-electron chi connectivity index (χ1n) is 5.06. The number of pyridine rings is 1. The second-order valence-electron chi connectivity index (χ2n) is 3.46. The van der Waals surface area contributed by atoms with E-state index in [0.29, 0.717) is 10.9 Å². The van der Waals surface area contributed by atoms with Crippen LogP contribution < -0.4 is 5.73 Å². The third-order valence-corrected chi connectivity index (χ3v) is 3.22. The topological polar surface area (TPSA) is 64.9 Å². The van der Waals surface area contributed by atoms with E-state index in [-0.39, 0.29) is 0 Å². The van der Waals surface area contributed by atoms with Gasteiger partial charge in [-0.1, -0.05) is 12.1 Å². The number of benzene rings is 1. The average Bonchev–Trinajstić information content (AvgIpc) is 2.74. The van der Waals surface area contributed by atoms with Gasteiger partial charge in [0.1, 0.15) is 5.52 Å². The molecule has 0 saturated heterocycles. The molecule has 2 N–H and O–H groups in total. The molecule has 0 aliphatic heterocycles. The van der Waals surface area contributed by atoms with Crippen LogP contribution in [0.25, 0.3) is 11.1 Å². The smallest absolute Gasteiger partial charge is 0.261 e. The minimum atomic E-state index is 0.587. The Morgan fingerprint density at radius 3 is 2.88 bits per heavy atom. The number of para-hydroxylation sites is 2. The molecule has 4 nitrogen and oxygen atoms in total. The molecule has 0 fully saturated rings. The molecule has 2 heterocycles. The Bertz CT molecular complexity index is 632. The van der Waals surface area contributed by atoms with Crippen molar-refractivity contribution in [2.45, 2.75) is 10.1 Å². The number of anilines is 1. The second kappa shape index (κ2) is 4.10. The standard InChI is InChI=1S/C12H9N3OS/c13-8-7-14-6-5-11(8)17-12-15-9-3-1-2-4-10(9)16-12/h1-7H,13H2. The largest absolute Gasteiger partial charge is 0.431 e. The van der Waals surface area contributed by atoms with E-state index in [2.05, 4.69) is 9.97 Å². The maximum absolute atomic E-state index is 5.81. The Morgan fingerprint density at radius 2 is 2.06 bits per heavy atom. The number of oxazole rings is 1. The van der Waals surface area contributed by atoms with Gasteiger partial charge in [-0.2, -0.15) is 0 Å². The Balaban J connectivity index is 1.98. The Labute approximate surface area is 102 Å². The number of nitrogens with zero attached hydrogens (tertiary/aromatic N) is 2. The molecule has 3 aromatic rings. The molecular weight excluding hydrogens is 234 g/mol. The fourth-order valence-electron chi connectivity index (χ4n) is 1.48. The van der Waals surface area contributed by atoms with Crippen molar-refractivity contribution in [3.8, 4) is 0 Å². The van der Waals surface area contributed by atoms with Crippen molar-refractivity contribution in [3.05, 3.63) is 42.7 Å². The molecule has 5 heteroatoms. The molecule has 2 aromatic heterocycles. The lowest BCUT2D eigenvalue weighted by Gasteiger charge is -1.99. The van der Waals surface area contributed by atoms with Crippen molar-refractivity contribution >= 4 is 28.5 Å². The van der Waals surface area contributed by atoms with Gasteiger partial charge >= 0.3 is 0 Å². The number of aromatic nitrogens is 2. The average molecular weight is 243 g/mol. The fraction of sp³-hybridized carbons (Fsp3) is 0. The highest BCUT2D eigenvalue weighted by molar-refractivity contribution is 7.99. The summed E-state index contributed by atoms with van der Waals surface area (Å²) in [7, 11) is 0. The van der Waals surface area contributed by atoms with Crippen LogP contribution >= 0.6 is 11.8 Å². The SMILES string of the molecule is Nc1cnccc1Sc1nc2ccccc2o1. The summed E-state index contributed by atoms with van der Waals surface area (Å²) < 4.78 is 5.60. The molecule has 0 aliphatic carbocycles. The zero-order valence-corrected chi connectivity index (χ0v) is 9.65. The number of nitrogen functional groups attached to an aromatic ring is 1. The molecule has 3 rings (SSSR count). The van der Waals surface area contributed by atoms with E-state index in [0.717, 1.165) is 16.0 Å². The normalized spacial score (nSPS) is 10.8. The van der Waals surface area contributed by atoms with E-state index < -0.39 is 0 Å². The third-order valence-electron chi connectivity index (χ3n) is 2.28. The maximum atomic E-state index is 5.81. The molecule has 0 bridgehead atoms. The van der Waals surface area contributed by atoms with Crippen LogP contribution in [0.15, 0.2) is 57.3 Å². The zero-order valence-electron chi connectivity index (χ0n) is 8.83. The number of nitrogens with two attached hydrogens (primary N) is 1. The Hall–Kier alpha value is -2.01. The van der Waals surface area contributed by atoms with E-state index in [1.807, 2.05) is 30.3 Å². The summed E-state index contributed by atoms with van der Waals surface area (Å²) >= 11 is 1.40. The van der Waals surface area contributed by atoms with Gasteiger partial charge in [0.15, 0.2) is 5.58 Å². The summed E-state index contributed by atoms with van der Waals surface area (Å²) in [5.74, 6) is 0. The highest BCUT2D eigenvalue weighted by Crippen LogP contribution is 2.32. The van der Waals surface area contributed by atoms with Crippen LogP contribution in [-0.2, 0) is 0 Å². The summed E-state index contributed by atoms with van der Waals surface area (Å²) in [6.45, 7) is 0. The lowest BCUT2D eigenvalue weighted by molar-refractivity contribution is 0.489. The van der Waals surface area contributed by atoms with Gasteiger partial charge in [-0.05, 0) is 30.0 Å². The number of hydrogen-bond acceptors (Lipinski definition) is 5. The molecule has 0 amide bonds. The van der Waals surface area contributed by atoms with Crippen LogP contribution in [0.5, 0.6) is 0 Å². The van der Waals surface area contributed by atoms with Crippen molar-refractivity contribution in [3.63, 3.8) is 0 Å². The Kier molecular flexibility index (Phi) is 2.45. The number of rotatable bonds is 2. The van der Waals surface area contributed by atoms with Gasteiger partial charge in [0.25, 0.3) is 5.22 Å². The van der Waals surface area contributed by atoms with Crippen LogP contribution in [0, 0.1) is 0 Å². The molecule has 0 radical (unpaired) electrons. The predicted octanol–water partition coefficient (Wildman–Crippen LogP) is 2.96. The summed E-state index contributed by atoms with van der Waals surface area (Å²) in [6.07, 6.45) is 3.31. The first-order valence-corrected chi connectivity index (χ1v) is 5.87. The van der Waals surface area contributed by atoms with Gasteiger partial charge in [-0.15, -0.1) is 0 Å². The lowest BCUT2D eigenvalue weighted by Crippen LogP contribution is -1.88. The zero-order chi connectivity index (χ0) is 11.7. The molecule has 17 heavy (non-hydrogen) atoms. The van der Waals surface area contributed by atoms with Gasteiger partial charge in [-0.25, -0.2) is 4.98 Å². The van der Waals surface area contributed by atoms with E-state index in [1.54, 1.807) is 12.4 Å². The predicted molar refractivity (Wildman–Crippen MR) is 66.8 cm³/mol. The van der Waals surface area contributed by atoms with Gasteiger partial charge in [0, 0.05) is 11.1 Å². The molecule has 1 aromatic carbocycles. The first kappa shape index (κ1) is 10.2. The minimum absolute atomic E-state index is 0.587. The van der Waals surface area contributed by atoms with Crippen molar-refractivity contribution in [1.29, 1.82) is 0 Å². The Morgan fingerprint density at radius 1 is 1.18 bits per heavy atom. The minimum Gasteiger partial charge on any atom is -0.431 e. The first-order chi connectivity index (χ1) is 8.33. The highest BCUT2D eigenvalue weighted by atomic mass is 32.2. The summed E-state index contributed by atoms with van der Waals surface area (Å²) in [4.78, 5) is 9.20. The van der Waals surface area contributed by atoms with E-state index in [9.17, 15) is 0 Å². The molecule has 0 aliphatic rings. The summed E-state index contributed by atoms with van der Waals surface area (Å²) in [5, 5.41) is 0.587. The highest BCUT2D eigenvalue weighted by Gasteiger charge is 2.08. The maximum Gasteiger partial charge on any atom is 0.261 e. The quantitative estimate of drug-likeness (QED) is 0.749. The molecule has 0 atom stereocenters. The third kappa shape index (κ3) is 1.97. The molecule has 0 unspecified atom stereocenters. The van der Waals surface area contributed by atoms with Gasteiger partial charge < -0.3 is 10.2 Å². The van der Waals surface area contributed by atoms with Gasteiger partial charge in [0.05, 0.1) is 11.9 Å². The van der Waals surface area contributed by atoms with Crippen molar-refractivity contribution in [2.24, 2.45) is 0 Å². The molecule has 0 saturated carbocycles. The summed E-state index contributed by atoms with van der Waals surface area (Å²) in [6, 6.07) is 9.50. The van der Waals surface area contributed by atoms with Crippen LogP contribution in [0.1, 0.15) is 0 Å². The van der Waals surface area contributed by atoms with E-state index >= 15 is 0 Å². The van der Waals surface area contributed by atoms with Crippen molar-refractivity contribution < 1.29 is 4.42 Å². The molecule has 0 spiro atoms. The number of hydrogen-bond donors (Lipinski definition) is 1. The van der Waals surface area contributed by atoms with Crippen LogP contribution in [0.3, 0.4) is 0 Å². The van der Waals surface area contributed by atoms with Crippen LogP contribution in [0.4, 0.5) is 5.69 Å². The molecule has 84 valence electrons. The van der Waals surface area contributed by atoms with Crippen LogP contribution in [-0.4, -0.2) is 9.97 Å². The van der Waals surface area contributed by atoms with Crippen molar-refractivity contribution in [2.75, 3.05) is 5.73 Å². The van der Waals surface area contributed by atoms with Crippen molar-refractivity contribution in [1.82, 2.24) is 9.97 Å². The lowest BCUT2D eigenvalue weighted by atomic mass is 10.3. The monoisotopic (exact) mass is 243 g/mol. The van der Waals surface area contributed by atoms with E-state index in [1.165, 1.54) is 11.8 Å². The molecular formula is C12H9N3OS. The number of fused-ring (bicyclic) bond motifs is 1. The second-order valence-corrected chi connectivity index (χ2v) is 4.46.